The molecule has 6 rings (SSSR count). The first-order chi connectivity index (χ1) is 22.1. The van der Waals surface area contributed by atoms with E-state index in [0.29, 0.717) is 23.5 Å². The minimum Gasteiger partial charge on any atom is -0.456 e. The van der Waals surface area contributed by atoms with Crippen LogP contribution in [0.1, 0.15) is 36.0 Å². The van der Waals surface area contributed by atoms with Crippen molar-refractivity contribution in [1.29, 1.82) is 0 Å². The minimum absolute atomic E-state index is 0.0205. The molecule has 4 aromatic carbocycles. The van der Waals surface area contributed by atoms with Crippen LogP contribution in [0, 0.1) is 0 Å². The van der Waals surface area contributed by atoms with Gasteiger partial charge in [-0.15, -0.1) is 0 Å². The Hall–Kier alpha value is -5.20. The number of hydrogen-bond donors (Lipinski definition) is 2. The number of carbonyl (C=O) groups is 1. The number of nitrogens with zero attached hydrogens (tertiary/aromatic N) is 2. The molecule has 2 N–H and O–H groups in total. The molecule has 2 aliphatic rings. The van der Waals surface area contributed by atoms with Crippen molar-refractivity contribution in [2.75, 3.05) is 25.5 Å². The summed E-state index contributed by atoms with van der Waals surface area (Å²) in [5, 5.41) is 14.3. The zero-order valence-corrected chi connectivity index (χ0v) is 25.4. The molecule has 0 atom stereocenters. The first kappa shape index (κ1) is 29.9. The average Bonchev–Trinajstić information content (AvgIpc) is 3.07. The number of benzene rings is 5. The fourth-order valence-electron chi connectivity index (χ4n) is 5.67. The zero-order valence-electron chi connectivity index (χ0n) is 25.4. The quantitative estimate of drug-likeness (QED) is 0.116. The number of fused-ring (bicyclic) bond motifs is 2. The van der Waals surface area contributed by atoms with Gasteiger partial charge in [0.05, 0.1) is 11.0 Å². The Bertz CT molecular complexity index is 1930. The van der Waals surface area contributed by atoms with Crippen LogP contribution in [-0.2, 0) is 0 Å². The van der Waals surface area contributed by atoms with E-state index in [1.54, 1.807) is 4.90 Å². The van der Waals surface area contributed by atoms with E-state index in [0.717, 1.165) is 70.2 Å². The number of para-hydroxylation sites is 2. The summed E-state index contributed by atoms with van der Waals surface area (Å²) >= 11 is 0. The Morgan fingerprint density at radius 1 is 0.756 bits per heavy atom. The van der Waals surface area contributed by atoms with Gasteiger partial charge in [0, 0.05) is 65.8 Å². The van der Waals surface area contributed by atoms with Crippen molar-refractivity contribution < 1.29 is 14.3 Å². The monoisotopic (exact) mass is 595 g/mol. The second kappa shape index (κ2) is 14.1. The molecule has 0 saturated carbocycles. The van der Waals surface area contributed by atoms with Crippen LogP contribution in [-0.4, -0.2) is 36.1 Å². The predicted molar refractivity (Wildman–Crippen MR) is 182 cm³/mol. The highest BCUT2D eigenvalue weighted by molar-refractivity contribution is 6.09. The molecule has 0 aromatic heterocycles. The maximum absolute atomic E-state index is 13.9. The van der Waals surface area contributed by atoms with E-state index < -0.39 is 0 Å². The number of unbranched alkanes of at least 4 members (excludes halogenated alkanes) is 3. The second-order valence-electron chi connectivity index (χ2n) is 11.2. The Labute approximate surface area is 263 Å². The van der Waals surface area contributed by atoms with Crippen LogP contribution in [0.4, 0.5) is 17.1 Å². The lowest BCUT2D eigenvalue weighted by atomic mass is 9.90. The van der Waals surface area contributed by atoms with E-state index >= 15 is 0 Å². The molecule has 226 valence electrons. The summed E-state index contributed by atoms with van der Waals surface area (Å²) < 4.78 is 6.59. The molecule has 0 saturated heterocycles. The van der Waals surface area contributed by atoms with Crippen molar-refractivity contribution in [3.05, 3.63) is 132 Å². The summed E-state index contributed by atoms with van der Waals surface area (Å²) in [6.07, 6.45) is 3.62. The Balaban J connectivity index is 1.47. The van der Waals surface area contributed by atoms with Crippen molar-refractivity contribution in [2.45, 2.75) is 25.7 Å². The lowest BCUT2D eigenvalue weighted by Crippen LogP contribution is -2.28. The smallest absolute Gasteiger partial charge is 0.254 e. The maximum Gasteiger partial charge on any atom is 0.254 e. The highest BCUT2D eigenvalue weighted by Gasteiger charge is 2.23. The summed E-state index contributed by atoms with van der Waals surface area (Å²) in [7, 11) is 1.86. The molecule has 0 spiro atoms. The number of aliphatic hydroxyl groups excluding tert-OH is 1. The SMILES string of the molecule is CN(CCCCCCO)C(=O)c1ccccc1-c1c2ccc(=Nc3ccccc3)cc-2oc2cc(Nc3ccccc3)ccc12. The fourth-order valence-corrected chi connectivity index (χ4v) is 5.67. The first-order valence-electron chi connectivity index (χ1n) is 15.5. The molecule has 0 unspecified atom stereocenters. The van der Waals surface area contributed by atoms with Gasteiger partial charge in [0.1, 0.15) is 11.3 Å². The van der Waals surface area contributed by atoms with Gasteiger partial charge in [-0.25, -0.2) is 4.99 Å². The number of amides is 1. The highest BCUT2D eigenvalue weighted by Crippen LogP contribution is 2.42. The largest absolute Gasteiger partial charge is 0.456 e. The molecule has 1 heterocycles. The van der Waals surface area contributed by atoms with Gasteiger partial charge in [0.2, 0.25) is 0 Å². The van der Waals surface area contributed by atoms with E-state index in [4.69, 9.17) is 14.5 Å². The standard InChI is InChI=1S/C39H37N3O3/c1-42(24-12-2-3-13-25-43)39(44)33-19-11-10-18-32(33)38-34-22-20-30(40-28-14-6-4-7-15-28)26-36(34)45-37-27-31(21-23-35(37)38)41-29-16-8-5-9-17-29/h4-11,14-23,26-27,40,43H,2-3,12-13,24-25H2,1H3. The number of rotatable bonds is 11. The maximum atomic E-state index is 13.9. The summed E-state index contributed by atoms with van der Waals surface area (Å²) in [6.45, 7) is 0.863. The third-order valence-electron chi connectivity index (χ3n) is 7.96. The van der Waals surface area contributed by atoms with Gasteiger partial charge in [-0.2, -0.15) is 0 Å². The van der Waals surface area contributed by atoms with Gasteiger partial charge < -0.3 is 19.7 Å². The summed E-state index contributed by atoms with van der Waals surface area (Å²) in [5.74, 6) is 0.666. The van der Waals surface area contributed by atoms with Crippen LogP contribution >= 0.6 is 0 Å². The average molecular weight is 596 g/mol. The fraction of sp³-hybridized carbons (Fsp3) is 0.179. The zero-order chi connectivity index (χ0) is 31.0. The van der Waals surface area contributed by atoms with Crippen LogP contribution in [0.2, 0.25) is 0 Å². The van der Waals surface area contributed by atoms with Crippen LogP contribution in [0.15, 0.2) is 131 Å². The van der Waals surface area contributed by atoms with Gasteiger partial charge in [0.15, 0.2) is 0 Å². The summed E-state index contributed by atoms with van der Waals surface area (Å²) in [6, 6.07) is 39.8. The van der Waals surface area contributed by atoms with Crippen LogP contribution < -0.4 is 10.7 Å². The molecule has 4 aromatic rings. The predicted octanol–water partition coefficient (Wildman–Crippen LogP) is 8.81. The topological polar surface area (TPSA) is 78.1 Å². The number of nitrogens with one attached hydrogen (secondary N) is 1. The summed E-state index contributed by atoms with van der Waals surface area (Å²) in [5.41, 5.74) is 6.81. The third kappa shape index (κ3) is 6.97. The number of aliphatic hydroxyl groups is 1. The number of anilines is 2. The lowest BCUT2D eigenvalue weighted by Gasteiger charge is -2.21. The second-order valence-corrected chi connectivity index (χ2v) is 11.2. The van der Waals surface area contributed by atoms with Crippen molar-refractivity contribution in [3.63, 3.8) is 0 Å². The Morgan fingerprint density at radius 3 is 2.29 bits per heavy atom. The van der Waals surface area contributed by atoms with Gasteiger partial charge in [0.25, 0.3) is 5.91 Å². The van der Waals surface area contributed by atoms with Crippen molar-refractivity contribution in [3.8, 4) is 22.5 Å². The Kier molecular flexibility index (Phi) is 9.33. The van der Waals surface area contributed by atoms with E-state index in [1.807, 2.05) is 122 Å². The molecule has 0 radical (unpaired) electrons. The van der Waals surface area contributed by atoms with Gasteiger partial charge in [-0.05, 0) is 73.0 Å². The molecule has 1 aliphatic carbocycles. The van der Waals surface area contributed by atoms with Gasteiger partial charge in [-0.3, -0.25) is 4.79 Å². The lowest BCUT2D eigenvalue weighted by molar-refractivity contribution is 0.0793. The van der Waals surface area contributed by atoms with Crippen molar-refractivity contribution >= 4 is 33.9 Å². The van der Waals surface area contributed by atoms with Crippen LogP contribution in [0.25, 0.3) is 33.4 Å². The Morgan fingerprint density at radius 2 is 1.49 bits per heavy atom. The molecule has 1 amide bonds. The first-order valence-corrected chi connectivity index (χ1v) is 15.5. The molecule has 0 bridgehead atoms. The van der Waals surface area contributed by atoms with E-state index in [-0.39, 0.29) is 12.5 Å². The highest BCUT2D eigenvalue weighted by atomic mass is 16.3. The number of hydrogen-bond acceptors (Lipinski definition) is 5. The molecule has 0 fully saturated rings. The van der Waals surface area contributed by atoms with Crippen LogP contribution in [0.5, 0.6) is 0 Å². The van der Waals surface area contributed by atoms with Crippen molar-refractivity contribution in [2.24, 2.45) is 4.99 Å². The molecule has 45 heavy (non-hydrogen) atoms. The molecule has 6 nitrogen and oxygen atoms in total. The number of carbonyl (C=O) groups excluding carboxylic acids is 1. The van der Waals surface area contributed by atoms with E-state index in [1.165, 1.54) is 0 Å². The van der Waals surface area contributed by atoms with Crippen LogP contribution in [0.3, 0.4) is 0 Å². The van der Waals surface area contributed by atoms with Gasteiger partial charge in [-0.1, -0.05) is 67.4 Å². The van der Waals surface area contributed by atoms with Gasteiger partial charge >= 0.3 is 0 Å². The van der Waals surface area contributed by atoms with E-state index in [2.05, 4.69) is 11.4 Å². The minimum atomic E-state index is -0.0205. The van der Waals surface area contributed by atoms with E-state index in [9.17, 15) is 4.79 Å². The van der Waals surface area contributed by atoms with Crippen molar-refractivity contribution in [1.82, 2.24) is 4.90 Å². The molecular weight excluding hydrogens is 558 g/mol. The normalized spacial score (nSPS) is 11.6. The third-order valence-corrected chi connectivity index (χ3v) is 7.96. The summed E-state index contributed by atoms with van der Waals surface area (Å²) in [4.78, 5) is 20.5. The molecule has 1 aliphatic heterocycles. The molecule has 6 heteroatoms. The molecular formula is C39H37N3O3.